The van der Waals surface area contributed by atoms with E-state index >= 15 is 0 Å². The van der Waals surface area contributed by atoms with E-state index in [1.54, 1.807) is 4.90 Å². The molecule has 2 atom stereocenters. The van der Waals surface area contributed by atoms with Crippen molar-refractivity contribution in [3.05, 3.63) is 35.9 Å². The molecular formula is C15H18N2O. The molecule has 1 fully saturated rings. The second-order valence-corrected chi connectivity index (χ2v) is 4.80. The summed E-state index contributed by atoms with van der Waals surface area (Å²) in [4.78, 5) is 13.7. The zero-order chi connectivity index (χ0) is 13.0. The van der Waals surface area contributed by atoms with Gasteiger partial charge in [-0.3, -0.25) is 4.79 Å². The highest BCUT2D eigenvalue weighted by Crippen LogP contribution is 2.14. The highest BCUT2D eigenvalue weighted by atomic mass is 16.2. The molecule has 0 bridgehead atoms. The average Bonchev–Trinajstić information content (AvgIpc) is 2.40. The van der Waals surface area contributed by atoms with Gasteiger partial charge in [0.15, 0.2) is 0 Å². The summed E-state index contributed by atoms with van der Waals surface area (Å²) in [5.41, 5.74) is 6.80. The van der Waals surface area contributed by atoms with E-state index in [1.807, 2.05) is 30.3 Å². The van der Waals surface area contributed by atoms with Crippen LogP contribution in [0.2, 0.25) is 0 Å². The van der Waals surface area contributed by atoms with E-state index < -0.39 is 0 Å². The van der Waals surface area contributed by atoms with Gasteiger partial charge in [0.25, 0.3) is 5.91 Å². The third kappa shape index (κ3) is 3.12. The highest BCUT2D eigenvalue weighted by Gasteiger charge is 2.25. The molecule has 3 heteroatoms. The summed E-state index contributed by atoms with van der Waals surface area (Å²) in [6, 6.07) is 9.76. The molecule has 2 N–H and O–H groups in total. The van der Waals surface area contributed by atoms with Gasteiger partial charge in [0.1, 0.15) is 0 Å². The lowest BCUT2D eigenvalue weighted by molar-refractivity contribution is -0.126. The molecule has 0 aromatic heterocycles. The van der Waals surface area contributed by atoms with Crippen molar-refractivity contribution in [3.8, 4) is 11.8 Å². The number of hydrogen-bond acceptors (Lipinski definition) is 2. The summed E-state index contributed by atoms with van der Waals surface area (Å²) in [5.74, 6) is 5.84. The van der Waals surface area contributed by atoms with Crippen molar-refractivity contribution >= 4 is 5.91 Å². The fourth-order valence-corrected chi connectivity index (χ4v) is 2.07. The highest BCUT2D eigenvalue weighted by molar-refractivity contribution is 5.94. The van der Waals surface area contributed by atoms with Crippen LogP contribution in [-0.4, -0.2) is 29.9 Å². The van der Waals surface area contributed by atoms with E-state index in [1.165, 1.54) is 0 Å². The Balaban J connectivity index is 1.99. The number of amides is 1. The first-order chi connectivity index (χ1) is 8.66. The number of nitrogens with zero attached hydrogens (tertiary/aromatic N) is 1. The smallest absolute Gasteiger partial charge is 0.298 e. The van der Waals surface area contributed by atoms with Crippen LogP contribution in [0.3, 0.4) is 0 Å². The molecule has 3 nitrogen and oxygen atoms in total. The summed E-state index contributed by atoms with van der Waals surface area (Å²) in [6.07, 6.45) is 0.861. The molecule has 1 amide bonds. The first kappa shape index (κ1) is 12.7. The number of hydrogen-bond donors (Lipinski definition) is 1. The molecular weight excluding hydrogens is 224 g/mol. The van der Waals surface area contributed by atoms with E-state index in [4.69, 9.17) is 5.73 Å². The third-order valence-electron chi connectivity index (χ3n) is 3.35. The van der Waals surface area contributed by atoms with Crippen LogP contribution in [0.25, 0.3) is 0 Å². The van der Waals surface area contributed by atoms with Crippen LogP contribution < -0.4 is 5.73 Å². The van der Waals surface area contributed by atoms with E-state index in [0.717, 1.165) is 12.0 Å². The number of benzene rings is 1. The Morgan fingerprint density at radius 3 is 2.78 bits per heavy atom. The Bertz CT molecular complexity index is 472. The zero-order valence-corrected chi connectivity index (χ0v) is 10.6. The maximum Gasteiger partial charge on any atom is 0.298 e. The SMILES string of the molecule is CC1CN(C(=O)C#Cc2ccccc2)CCC1N. The maximum absolute atomic E-state index is 11.9. The quantitative estimate of drug-likeness (QED) is 0.696. The van der Waals surface area contributed by atoms with Gasteiger partial charge < -0.3 is 10.6 Å². The minimum Gasteiger partial charge on any atom is -0.332 e. The number of piperidine rings is 1. The molecule has 1 aromatic rings. The molecule has 0 spiro atoms. The molecule has 18 heavy (non-hydrogen) atoms. The first-order valence-corrected chi connectivity index (χ1v) is 6.28. The average molecular weight is 242 g/mol. The number of carbonyl (C=O) groups is 1. The summed E-state index contributed by atoms with van der Waals surface area (Å²) < 4.78 is 0. The fraction of sp³-hybridized carbons (Fsp3) is 0.400. The number of likely N-dealkylation sites (tertiary alicyclic amines) is 1. The lowest BCUT2D eigenvalue weighted by Crippen LogP contribution is -2.47. The number of nitrogens with two attached hydrogens (primary N) is 1. The van der Waals surface area contributed by atoms with E-state index in [9.17, 15) is 4.79 Å². The molecule has 2 unspecified atom stereocenters. The van der Waals surface area contributed by atoms with Crippen LogP contribution in [0.5, 0.6) is 0 Å². The zero-order valence-electron chi connectivity index (χ0n) is 10.6. The van der Waals surface area contributed by atoms with Crippen molar-refractivity contribution in [3.63, 3.8) is 0 Å². The van der Waals surface area contributed by atoms with Gasteiger partial charge in [0, 0.05) is 30.6 Å². The van der Waals surface area contributed by atoms with Gasteiger partial charge >= 0.3 is 0 Å². The summed E-state index contributed by atoms with van der Waals surface area (Å²) in [6.45, 7) is 3.51. The number of rotatable bonds is 0. The van der Waals surface area contributed by atoms with Gasteiger partial charge in [-0.1, -0.05) is 31.0 Å². The molecule has 94 valence electrons. The fourth-order valence-electron chi connectivity index (χ4n) is 2.07. The van der Waals surface area contributed by atoms with Gasteiger partial charge in [0.05, 0.1) is 0 Å². The standard InChI is InChI=1S/C15H18N2O/c1-12-11-17(10-9-14(12)16)15(18)8-7-13-5-3-2-4-6-13/h2-6,12,14H,9-11,16H2,1H3. The second kappa shape index (κ2) is 5.70. The normalized spacial score (nSPS) is 23.1. The van der Waals surface area contributed by atoms with Gasteiger partial charge in [-0.05, 0) is 24.5 Å². The predicted molar refractivity (Wildman–Crippen MR) is 71.7 cm³/mol. The minimum atomic E-state index is -0.0994. The Kier molecular flexibility index (Phi) is 4.01. The number of carbonyl (C=O) groups excluding carboxylic acids is 1. The Hall–Kier alpha value is -1.79. The van der Waals surface area contributed by atoms with E-state index in [-0.39, 0.29) is 11.9 Å². The molecule has 1 heterocycles. The summed E-state index contributed by atoms with van der Waals surface area (Å²) in [5, 5.41) is 0. The maximum atomic E-state index is 11.9. The van der Waals surface area contributed by atoms with Crippen LogP contribution in [0.15, 0.2) is 30.3 Å². The van der Waals surface area contributed by atoms with Gasteiger partial charge in [-0.25, -0.2) is 0 Å². The molecule has 1 saturated heterocycles. The summed E-state index contributed by atoms with van der Waals surface area (Å²) >= 11 is 0. The largest absolute Gasteiger partial charge is 0.332 e. The molecule has 0 saturated carbocycles. The predicted octanol–water partition coefficient (Wildman–Crippen LogP) is 1.23. The lowest BCUT2D eigenvalue weighted by Gasteiger charge is -2.33. The molecule has 1 aromatic carbocycles. The molecule has 0 aliphatic carbocycles. The van der Waals surface area contributed by atoms with Crippen molar-refractivity contribution in [1.82, 2.24) is 4.90 Å². The molecule has 2 rings (SSSR count). The first-order valence-electron chi connectivity index (χ1n) is 6.28. The minimum absolute atomic E-state index is 0.0994. The van der Waals surface area contributed by atoms with Crippen molar-refractivity contribution in [2.75, 3.05) is 13.1 Å². The molecule has 1 aliphatic rings. The third-order valence-corrected chi connectivity index (χ3v) is 3.35. The monoisotopic (exact) mass is 242 g/mol. The Labute approximate surface area is 108 Å². The van der Waals surface area contributed by atoms with Crippen molar-refractivity contribution in [1.29, 1.82) is 0 Å². The van der Waals surface area contributed by atoms with E-state index in [0.29, 0.717) is 19.0 Å². The Morgan fingerprint density at radius 2 is 2.11 bits per heavy atom. The van der Waals surface area contributed by atoms with Crippen LogP contribution >= 0.6 is 0 Å². The van der Waals surface area contributed by atoms with Crippen molar-refractivity contribution in [2.45, 2.75) is 19.4 Å². The van der Waals surface area contributed by atoms with Crippen molar-refractivity contribution < 1.29 is 4.79 Å². The molecule has 0 radical (unpaired) electrons. The van der Waals surface area contributed by atoms with E-state index in [2.05, 4.69) is 18.8 Å². The van der Waals surface area contributed by atoms with Gasteiger partial charge in [-0.2, -0.15) is 0 Å². The summed E-state index contributed by atoms with van der Waals surface area (Å²) in [7, 11) is 0. The van der Waals surface area contributed by atoms with Gasteiger partial charge in [0.2, 0.25) is 0 Å². The van der Waals surface area contributed by atoms with Crippen LogP contribution in [-0.2, 0) is 4.79 Å². The Morgan fingerprint density at radius 1 is 1.39 bits per heavy atom. The van der Waals surface area contributed by atoms with Crippen LogP contribution in [0.1, 0.15) is 18.9 Å². The van der Waals surface area contributed by atoms with Crippen LogP contribution in [0.4, 0.5) is 0 Å². The lowest BCUT2D eigenvalue weighted by atomic mass is 9.95. The van der Waals surface area contributed by atoms with Crippen LogP contribution in [0, 0.1) is 17.8 Å². The topological polar surface area (TPSA) is 46.3 Å². The second-order valence-electron chi connectivity index (χ2n) is 4.80. The molecule has 1 aliphatic heterocycles. The van der Waals surface area contributed by atoms with Gasteiger partial charge in [-0.15, -0.1) is 0 Å². The van der Waals surface area contributed by atoms with Crippen molar-refractivity contribution in [2.24, 2.45) is 11.7 Å².